The van der Waals surface area contributed by atoms with Gasteiger partial charge in [0.1, 0.15) is 0 Å². The molecule has 1 saturated carbocycles. The Bertz CT molecular complexity index is 450. The minimum absolute atomic E-state index is 0.505. The highest BCUT2D eigenvalue weighted by molar-refractivity contribution is 9.10. The summed E-state index contributed by atoms with van der Waals surface area (Å²) in [4.78, 5) is 0. The number of likely N-dealkylation sites (N-methyl/N-ethyl adjacent to an activating group) is 1. The van der Waals surface area contributed by atoms with E-state index in [0.29, 0.717) is 11.5 Å². The molecule has 1 aromatic heterocycles. The van der Waals surface area contributed by atoms with Crippen LogP contribution >= 0.6 is 15.9 Å². The van der Waals surface area contributed by atoms with Crippen LogP contribution in [0.5, 0.6) is 0 Å². The summed E-state index contributed by atoms with van der Waals surface area (Å²) in [6.45, 7) is 10.0. The lowest BCUT2D eigenvalue weighted by atomic mass is 9.99. The van der Waals surface area contributed by atoms with Crippen LogP contribution in [0.25, 0.3) is 0 Å². The summed E-state index contributed by atoms with van der Waals surface area (Å²) in [5.74, 6) is 0.787. The third-order valence-corrected chi connectivity index (χ3v) is 5.47. The fourth-order valence-electron chi connectivity index (χ4n) is 3.06. The SMILES string of the molecule is CCc1nn(CC)c(CC(NC)C2CC2(C)C)c1Br. The molecule has 0 aliphatic heterocycles. The van der Waals surface area contributed by atoms with Gasteiger partial charge < -0.3 is 5.32 Å². The quantitative estimate of drug-likeness (QED) is 0.867. The summed E-state index contributed by atoms with van der Waals surface area (Å²) in [5, 5.41) is 8.20. The van der Waals surface area contributed by atoms with Crippen LogP contribution < -0.4 is 5.32 Å². The lowest BCUT2D eigenvalue weighted by Crippen LogP contribution is -2.32. The van der Waals surface area contributed by atoms with Crippen molar-refractivity contribution in [2.75, 3.05) is 7.05 Å². The summed E-state index contributed by atoms with van der Waals surface area (Å²) in [6, 6.07) is 0.554. The van der Waals surface area contributed by atoms with Crippen LogP contribution in [0.3, 0.4) is 0 Å². The fourth-order valence-corrected chi connectivity index (χ4v) is 3.79. The first-order valence-electron chi connectivity index (χ1n) is 7.35. The molecule has 108 valence electrons. The Morgan fingerprint density at radius 3 is 2.53 bits per heavy atom. The average Bonchev–Trinajstić information content (AvgIpc) is 2.90. The van der Waals surface area contributed by atoms with Crippen molar-refractivity contribution >= 4 is 15.9 Å². The van der Waals surface area contributed by atoms with E-state index in [2.05, 4.69) is 60.7 Å². The molecule has 2 atom stereocenters. The Labute approximate surface area is 125 Å². The zero-order valence-electron chi connectivity index (χ0n) is 12.8. The van der Waals surface area contributed by atoms with Gasteiger partial charge in [-0.15, -0.1) is 0 Å². The molecular weight excluding hydrogens is 302 g/mol. The fraction of sp³-hybridized carbons (Fsp3) is 0.800. The molecule has 0 saturated heterocycles. The summed E-state index contributed by atoms with van der Waals surface area (Å²) >= 11 is 3.75. The third kappa shape index (κ3) is 2.89. The highest BCUT2D eigenvalue weighted by Crippen LogP contribution is 2.54. The maximum atomic E-state index is 4.69. The molecule has 4 heteroatoms. The van der Waals surface area contributed by atoms with Gasteiger partial charge in [0.2, 0.25) is 0 Å². The van der Waals surface area contributed by atoms with Gasteiger partial charge in [0.15, 0.2) is 0 Å². The molecule has 1 aliphatic carbocycles. The highest BCUT2D eigenvalue weighted by atomic mass is 79.9. The van der Waals surface area contributed by atoms with Gasteiger partial charge in [-0.2, -0.15) is 5.10 Å². The topological polar surface area (TPSA) is 29.9 Å². The molecule has 0 spiro atoms. The molecule has 0 bridgehead atoms. The van der Waals surface area contributed by atoms with Crippen LogP contribution in [0.2, 0.25) is 0 Å². The second-order valence-corrected chi connectivity index (χ2v) is 7.07. The summed E-state index contributed by atoms with van der Waals surface area (Å²) < 4.78 is 3.37. The van der Waals surface area contributed by atoms with Gasteiger partial charge in [-0.25, -0.2) is 0 Å². The molecule has 0 radical (unpaired) electrons. The molecule has 1 aromatic rings. The molecule has 2 unspecified atom stereocenters. The standard InChI is InChI=1S/C15H26BrN3/c1-6-11-14(16)13(19(7-2)18-11)8-12(17-5)10-9-15(10,3)4/h10,12,17H,6-9H2,1-5H3. The van der Waals surface area contributed by atoms with Crippen molar-refractivity contribution in [2.24, 2.45) is 11.3 Å². The lowest BCUT2D eigenvalue weighted by Gasteiger charge is -2.19. The van der Waals surface area contributed by atoms with Crippen molar-refractivity contribution in [3.8, 4) is 0 Å². The van der Waals surface area contributed by atoms with Crippen LogP contribution in [-0.4, -0.2) is 22.9 Å². The van der Waals surface area contributed by atoms with Gasteiger partial charge in [-0.05, 0) is 54.1 Å². The monoisotopic (exact) mass is 327 g/mol. The number of nitrogens with zero attached hydrogens (tertiary/aromatic N) is 2. The van der Waals surface area contributed by atoms with Crippen LogP contribution in [-0.2, 0) is 19.4 Å². The molecule has 2 rings (SSSR count). The second-order valence-electron chi connectivity index (χ2n) is 6.28. The molecule has 0 amide bonds. The number of aryl methyl sites for hydroxylation is 2. The Hall–Kier alpha value is -0.350. The van der Waals surface area contributed by atoms with Crippen LogP contribution in [0, 0.1) is 11.3 Å². The van der Waals surface area contributed by atoms with E-state index in [0.717, 1.165) is 25.3 Å². The van der Waals surface area contributed by atoms with Crippen LogP contribution in [0.4, 0.5) is 0 Å². The predicted molar refractivity (Wildman–Crippen MR) is 83.4 cm³/mol. The summed E-state index contributed by atoms with van der Waals surface area (Å²) in [5.41, 5.74) is 3.04. The first kappa shape index (κ1) is 15.0. The first-order chi connectivity index (χ1) is 8.94. The number of hydrogen-bond acceptors (Lipinski definition) is 2. The molecule has 0 aromatic carbocycles. The zero-order valence-corrected chi connectivity index (χ0v) is 14.3. The molecule has 1 aliphatic rings. The van der Waals surface area contributed by atoms with E-state index in [4.69, 9.17) is 5.10 Å². The Kier molecular flexibility index (Phi) is 4.41. The highest BCUT2D eigenvalue weighted by Gasteiger charge is 2.49. The molecule has 19 heavy (non-hydrogen) atoms. The van der Waals surface area contributed by atoms with Gasteiger partial charge in [0, 0.05) is 19.0 Å². The number of rotatable bonds is 6. The van der Waals surface area contributed by atoms with Gasteiger partial charge in [0.25, 0.3) is 0 Å². The Morgan fingerprint density at radius 1 is 1.47 bits per heavy atom. The lowest BCUT2D eigenvalue weighted by molar-refractivity contribution is 0.415. The number of halogens is 1. The normalized spacial score (nSPS) is 22.5. The number of aromatic nitrogens is 2. The third-order valence-electron chi connectivity index (χ3n) is 4.55. The molecule has 1 heterocycles. The van der Waals surface area contributed by atoms with Gasteiger partial charge in [0.05, 0.1) is 15.9 Å². The van der Waals surface area contributed by atoms with E-state index in [1.54, 1.807) is 0 Å². The van der Waals surface area contributed by atoms with E-state index in [9.17, 15) is 0 Å². The largest absolute Gasteiger partial charge is 0.316 e. The molecule has 1 fully saturated rings. The van der Waals surface area contributed by atoms with Crippen LogP contribution in [0.15, 0.2) is 4.47 Å². The van der Waals surface area contributed by atoms with Gasteiger partial charge >= 0.3 is 0 Å². The first-order valence-corrected chi connectivity index (χ1v) is 8.15. The van der Waals surface area contributed by atoms with Crippen molar-refractivity contribution in [1.29, 1.82) is 0 Å². The summed E-state index contributed by atoms with van der Waals surface area (Å²) in [6.07, 6.45) is 3.38. The minimum atomic E-state index is 0.505. The predicted octanol–water partition coefficient (Wildman–Crippen LogP) is 3.40. The van der Waals surface area contributed by atoms with E-state index in [-0.39, 0.29) is 0 Å². The van der Waals surface area contributed by atoms with Crippen molar-refractivity contribution in [3.05, 3.63) is 15.9 Å². The minimum Gasteiger partial charge on any atom is -0.316 e. The Balaban J connectivity index is 2.20. The van der Waals surface area contributed by atoms with Crippen molar-refractivity contribution in [3.63, 3.8) is 0 Å². The van der Waals surface area contributed by atoms with Gasteiger partial charge in [-0.1, -0.05) is 20.8 Å². The molecular formula is C15H26BrN3. The van der Waals surface area contributed by atoms with Crippen molar-refractivity contribution in [1.82, 2.24) is 15.1 Å². The van der Waals surface area contributed by atoms with Gasteiger partial charge in [-0.3, -0.25) is 4.68 Å². The van der Waals surface area contributed by atoms with E-state index >= 15 is 0 Å². The van der Waals surface area contributed by atoms with Crippen molar-refractivity contribution in [2.45, 2.75) is 59.5 Å². The summed E-state index contributed by atoms with van der Waals surface area (Å²) in [7, 11) is 2.08. The number of hydrogen-bond donors (Lipinski definition) is 1. The van der Waals surface area contributed by atoms with Crippen LogP contribution in [0.1, 0.15) is 45.5 Å². The Morgan fingerprint density at radius 2 is 2.11 bits per heavy atom. The van der Waals surface area contributed by atoms with E-state index in [1.807, 2.05) is 0 Å². The average molecular weight is 328 g/mol. The second kappa shape index (κ2) is 5.57. The molecule has 3 nitrogen and oxygen atoms in total. The number of nitrogens with one attached hydrogen (secondary N) is 1. The molecule has 1 N–H and O–H groups in total. The van der Waals surface area contributed by atoms with E-state index in [1.165, 1.54) is 22.3 Å². The zero-order chi connectivity index (χ0) is 14.2. The van der Waals surface area contributed by atoms with Crippen molar-refractivity contribution < 1.29 is 0 Å². The smallest absolute Gasteiger partial charge is 0.0766 e. The van der Waals surface area contributed by atoms with E-state index < -0.39 is 0 Å². The maximum absolute atomic E-state index is 4.69. The maximum Gasteiger partial charge on any atom is 0.0766 e.